The maximum atomic E-state index is 12.6. The molecule has 7 heteroatoms. The number of non-ortho nitro benzene ring substituents is 1. The number of sulfonamides is 1. The van der Waals surface area contributed by atoms with E-state index in [1.54, 1.807) is 6.92 Å². The standard InChI is InChI=1S/C13H18N2O4S/c1-10-4-3-7-14(9-10)20(18,19)13-8-12(15(16)17)6-5-11(13)2/h5-6,8,10H,3-4,7,9H2,1-2H3/t10-/m0/s1. The molecule has 1 aromatic rings. The molecule has 1 heterocycles. The van der Waals surface area contributed by atoms with Crippen LogP contribution in [-0.4, -0.2) is 30.7 Å². The van der Waals surface area contributed by atoms with Gasteiger partial charge in [0.05, 0.1) is 9.82 Å². The topological polar surface area (TPSA) is 80.5 Å². The van der Waals surface area contributed by atoms with Crippen LogP contribution in [0, 0.1) is 23.0 Å². The number of aryl methyl sites for hydroxylation is 1. The van der Waals surface area contributed by atoms with Crippen molar-refractivity contribution in [3.05, 3.63) is 33.9 Å². The molecule has 6 nitrogen and oxygen atoms in total. The summed E-state index contributed by atoms with van der Waals surface area (Å²) in [6, 6.07) is 3.97. The van der Waals surface area contributed by atoms with Gasteiger partial charge in [-0.05, 0) is 31.2 Å². The molecule has 0 saturated carbocycles. The van der Waals surface area contributed by atoms with E-state index in [1.165, 1.54) is 16.4 Å². The van der Waals surface area contributed by atoms with Crippen molar-refractivity contribution < 1.29 is 13.3 Å². The molecule has 0 aliphatic carbocycles. The fourth-order valence-corrected chi connectivity index (χ4v) is 4.33. The summed E-state index contributed by atoms with van der Waals surface area (Å²) in [6.07, 6.45) is 1.84. The van der Waals surface area contributed by atoms with Crippen LogP contribution in [0.1, 0.15) is 25.3 Å². The Morgan fingerprint density at radius 3 is 2.70 bits per heavy atom. The molecule has 2 rings (SSSR count). The minimum Gasteiger partial charge on any atom is -0.258 e. The van der Waals surface area contributed by atoms with Gasteiger partial charge in [-0.25, -0.2) is 8.42 Å². The predicted molar refractivity (Wildman–Crippen MR) is 75.0 cm³/mol. The van der Waals surface area contributed by atoms with Crippen LogP contribution in [0.3, 0.4) is 0 Å². The molecule has 1 saturated heterocycles. The summed E-state index contributed by atoms with van der Waals surface area (Å²) < 4.78 is 26.7. The molecule has 20 heavy (non-hydrogen) atoms. The van der Waals surface area contributed by atoms with E-state index in [9.17, 15) is 18.5 Å². The molecular formula is C13H18N2O4S. The Hall–Kier alpha value is -1.47. The van der Waals surface area contributed by atoms with Crippen LogP contribution >= 0.6 is 0 Å². The molecule has 0 aromatic heterocycles. The van der Waals surface area contributed by atoms with E-state index in [0.717, 1.165) is 18.9 Å². The van der Waals surface area contributed by atoms with Gasteiger partial charge in [0, 0.05) is 25.2 Å². The van der Waals surface area contributed by atoms with Crippen molar-refractivity contribution in [2.75, 3.05) is 13.1 Å². The normalized spacial score (nSPS) is 20.8. The summed E-state index contributed by atoms with van der Waals surface area (Å²) in [5.74, 6) is 0.317. The average molecular weight is 298 g/mol. The monoisotopic (exact) mass is 298 g/mol. The third-order valence-corrected chi connectivity index (χ3v) is 5.63. The Balaban J connectivity index is 2.43. The Bertz CT molecular complexity index is 627. The largest absolute Gasteiger partial charge is 0.270 e. The fourth-order valence-electron chi connectivity index (χ4n) is 2.48. The maximum absolute atomic E-state index is 12.6. The first kappa shape index (κ1) is 14.9. The van der Waals surface area contributed by atoms with Crippen LogP contribution in [0.4, 0.5) is 5.69 Å². The lowest BCUT2D eigenvalue weighted by atomic mass is 10.0. The number of benzene rings is 1. The molecule has 0 bridgehead atoms. The first-order chi connectivity index (χ1) is 9.32. The van der Waals surface area contributed by atoms with E-state index in [0.29, 0.717) is 24.6 Å². The molecule has 110 valence electrons. The van der Waals surface area contributed by atoms with Gasteiger partial charge in [-0.1, -0.05) is 13.0 Å². The minimum atomic E-state index is -3.65. The Morgan fingerprint density at radius 2 is 2.10 bits per heavy atom. The number of rotatable bonds is 3. The van der Waals surface area contributed by atoms with Gasteiger partial charge in [-0.15, -0.1) is 0 Å². The smallest absolute Gasteiger partial charge is 0.258 e. The van der Waals surface area contributed by atoms with E-state index in [-0.39, 0.29) is 10.6 Å². The lowest BCUT2D eigenvalue weighted by Crippen LogP contribution is -2.39. The minimum absolute atomic E-state index is 0.0424. The zero-order valence-corrected chi connectivity index (χ0v) is 12.4. The number of piperidine rings is 1. The van der Waals surface area contributed by atoms with Crippen molar-refractivity contribution in [3.63, 3.8) is 0 Å². The highest BCUT2D eigenvalue weighted by atomic mass is 32.2. The van der Waals surface area contributed by atoms with E-state index >= 15 is 0 Å². The summed E-state index contributed by atoms with van der Waals surface area (Å²) in [6.45, 7) is 4.63. The molecule has 0 N–H and O–H groups in total. The van der Waals surface area contributed by atoms with Gasteiger partial charge >= 0.3 is 0 Å². The van der Waals surface area contributed by atoms with Crippen LogP contribution < -0.4 is 0 Å². The molecule has 0 unspecified atom stereocenters. The van der Waals surface area contributed by atoms with Gasteiger partial charge < -0.3 is 0 Å². The van der Waals surface area contributed by atoms with Gasteiger partial charge in [-0.2, -0.15) is 4.31 Å². The van der Waals surface area contributed by atoms with Crippen molar-refractivity contribution in [1.29, 1.82) is 0 Å². The Kier molecular flexibility index (Phi) is 4.10. The second-order valence-corrected chi connectivity index (χ2v) is 7.22. The van der Waals surface area contributed by atoms with Crippen LogP contribution in [-0.2, 0) is 10.0 Å². The van der Waals surface area contributed by atoms with Crippen LogP contribution in [0.2, 0.25) is 0 Å². The van der Waals surface area contributed by atoms with Crippen LogP contribution in [0.25, 0.3) is 0 Å². The zero-order chi connectivity index (χ0) is 14.9. The summed E-state index contributed by atoms with van der Waals surface area (Å²) in [4.78, 5) is 10.3. The predicted octanol–water partition coefficient (Wildman–Crippen LogP) is 2.32. The molecule has 1 atom stereocenters. The molecular weight excluding hydrogens is 280 g/mol. The van der Waals surface area contributed by atoms with E-state index in [2.05, 4.69) is 0 Å². The molecule has 0 spiro atoms. The van der Waals surface area contributed by atoms with E-state index in [4.69, 9.17) is 0 Å². The third-order valence-electron chi connectivity index (χ3n) is 3.62. The second kappa shape index (κ2) is 5.49. The maximum Gasteiger partial charge on any atom is 0.270 e. The van der Waals surface area contributed by atoms with Crippen molar-refractivity contribution >= 4 is 15.7 Å². The first-order valence-electron chi connectivity index (χ1n) is 6.57. The number of nitro benzene ring substituents is 1. The molecule has 0 radical (unpaired) electrons. The van der Waals surface area contributed by atoms with Crippen molar-refractivity contribution in [2.45, 2.75) is 31.6 Å². The lowest BCUT2D eigenvalue weighted by Gasteiger charge is -2.30. The summed E-state index contributed by atoms with van der Waals surface area (Å²) in [7, 11) is -3.65. The number of hydrogen-bond acceptors (Lipinski definition) is 4. The van der Waals surface area contributed by atoms with Gasteiger partial charge in [-0.3, -0.25) is 10.1 Å². The molecule has 1 aliphatic rings. The third kappa shape index (κ3) is 2.83. The SMILES string of the molecule is Cc1ccc([N+](=O)[O-])cc1S(=O)(=O)N1CCC[C@H](C)C1. The number of hydrogen-bond donors (Lipinski definition) is 0. The average Bonchev–Trinajstić information content (AvgIpc) is 2.38. The lowest BCUT2D eigenvalue weighted by molar-refractivity contribution is -0.385. The highest BCUT2D eigenvalue weighted by Gasteiger charge is 2.30. The Labute approximate surface area is 118 Å². The van der Waals surface area contributed by atoms with Gasteiger partial charge in [0.15, 0.2) is 0 Å². The van der Waals surface area contributed by atoms with Crippen LogP contribution in [0.5, 0.6) is 0 Å². The van der Waals surface area contributed by atoms with E-state index in [1.807, 2.05) is 6.92 Å². The second-order valence-electron chi connectivity index (χ2n) is 5.32. The molecule has 1 aliphatic heterocycles. The molecule has 1 aromatic carbocycles. The van der Waals surface area contributed by atoms with Crippen LogP contribution in [0.15, 0.2) is 23.1 Å². The molecule has 1 fully saturated rings. The highest BCUT2D eigenvalue weighted by Crippen LogP contribution is 2.28. The van der Waals surface area contributed by atoms with Crippen molar-refractivity contribution in [2.24, 2.45) is 5.92 Å². The summed E-state index contributed by atoms with van der Waals surface area (Å²) >= 11 is 0. The number of nitrogens with zero attached hydrogens (tertiary/aromatic N) is 2. The summed E-state index contributed by atoms with van der Waals surface area (Å²) in [5.41, 5.74) is 0.341. The van der Waals surface area contributed by atoms with Gasteiger partial charge in [0.2, 0.25) is 10.0 Å². The van der Waals surface area contributed by atoms with Crippen molar-refractivity contribution in [3.8, 4) is 0 Å². The quantitative estimate of drug-likeness (QED) is 0.633. The highest BCUT2D eigenvalue weighted by molar-refractivity contribution is 7.89. The van der Waals surface area contributed by atoms with Gasteiger partial charge in [0.25, 0.3) is 5.69 Å². The number of nitro groups is 1. The first-order valence-corrected chi connectivity index (χ1v) is 8.01. The van der Waals surface area contributed by atoms with E-state index < -0.39 is 14.9 Å². The Morgan fingerprint density at radius 1 is 1.40 bits per heavy atom. The fraction of sp³-hybridized carbons (Fsp3) is 0.538. The van der Waals surface area contributed by atoms with Gasteiger partial charge in [0.1, 0.15) is 0 Å². The van der Waals surface area contributed by atoms with Crippen molar-refractivity contribution in [1.82, 2.24) is 4.31 Å². The summed E-state index contributed by atoms with van der Waals surface area (Å²) in [5, 5.41) is 10.8. The molecule has 0 amide bonds. The zero-order valence-electron chi connectivity index (χ0n) is 11.6.